The van der Waals surface area contributed by atoms with Crippen LogP contribution in [0.1, 0.15) is 38.6 Å². The first-order valence-electron chi connectivity index (χ1n) is 13.1. The molecular weight excluding hydrogens is 492 g/mol. The maximum absolute atomic E-state index is 13.4. The zero-order chi connectivity index (χ0) is 27.7. The molecule has 2 atom stereocenters. The molecule has 1 aromatic heterocycles. The number of hydrogen-bond acceptors (Lipinski definition) is 6. The van der Waals surface area contributed by atoms with Crippen LogP contribution >= 0.6 is 0 Å². The van der Waals surface area contributed by atoms with Crippen LogP contribution in [0.2, 0.25) is 0 Å². The number of alkyl carbamates (subject to hydrolysis) is 1. The molecule has 1 aliphatic heterocycles. The molecule has 2 heterocycles. The fraction of sp³-hybridized carbons (Fsp3) is 0.300. The number of likely N-dealkylation sites (tertiary alicyclic amines) is 1. The summed E-state index contributed by atoms with van der Waals surface area (Å²) < 4.78 is 4.73. The number of rotatable bonds is 6. The van der Waals surface area contributed by atoms with Crippen LogP contribution < -0.4 is 16.8 Å². The van der Waals surface area contributed by atoms with E-state index in [0.29, 0.717) is 17.9 Å². The minimum absolute atomic E-state index is 0.0829. The van der Waals surface area contributed by atoms with Crippen molar-refractivity contribution in [1.82, 2.24) is 20.2 Å². The number of carbonyl (C=O) groups is 2. The molecule has 0 spiro atoms. The minimum atomic E-state index is -0.664. The summed E-state index contributed by atoms with van der Waals surface area (Å²) in [6.07, 6.45) is 2.88. The van der Waals surface area contributed by atoms with Crippen LogP contribution in [-0.4, -0.2) is 46.6 Å². The Morgan fingerprint density at radius 1 is 1.00 bits per heavy atom. The highest BCUT2D eigenvalue weighted by molar-refractivity contribution is 5.91. The largest absolute Gasteiger partial charge is 0.453 e. The maximum atomic E-state index is 13.4. The lowest BCUT2D eigenvalue weighted by molar-refractivity contribution is -0.135. The fourth-order valence-corrected chi connectivity index (χ4v) is 5.19. The van der Waals surface area contributed by atoms with Gasteiger partial charge in [0.15, 0.2) is 0 Å². The molecule has 2 unspecified atom stereocenters. The Labute approximate surface area is 227 Å². The van der Waals surface area contributed by atoms with E-state index < -0.39 is 12.1 Å². The summed E-state index contributed by atoms with van der Waals surface area (Å²) >= 11 is 0. The van der Waals surface area contributed by atoms with E-state index in [9.17, 15) is 9.59 Å². The molecule has 5 rings (SSSR count). The summed E-state index contributed by atoms with van der Waals surface area (Å²) in [6.45, 7) is 4.43. The van der Waals surface area contributed by atoms with E-state index in [-0.39, 0.29) is 17.9 Å². The average Bonchev–Trinajstić information content (AvgIpc) is 3.62. The Hall–Kier alpha value is -4.53. The molecular formula is C30H34N6O3. The van der Waals surface area contributed by atoms with Crippen LogP contribution in [0.25, 0.3) is 33.2 Å². The number of nitrogens with zero attached hydrogens (tertiary/aromatic N) is 2. The number of benzene rings is 3. The van der Waals surface area contributed by atoms with Gasteiger partial charge in [0, 0.05) is 12.1 Å². The number of H-pyrrole nitrogens is 1. The Kier molecular flexibility index (Phi) is 7.15. The zero-order valence-electron chi connectivity index (χ0n) is 22.4. The number of ether oxygens (including phenoxy) is 1. The normalized spacial score (nSPS) is 16.0. The van der Waals surface area contributed by atoms with Crippen molar-refractivity contribution in [2.24, 2.45) is 5.92 Å². The Bertz CT molecular complexity index is 1530. The molecule has 3 aromatic carbocycles. The summed E-state index contributed by atoms with van der Waals surface area (Å²) in [5.41, 5.74) is 17.0. The van der Waals surface area contributed by atoms with Crippen LogP contribution in [-0.2, 0) is 9.53 Å². The highest BCUT2D eigenvalue weighted by Gasteiger charge is 2.37. The smallest absolute Gasteiger partial charge is 0.407 e. The minimum Gasteiger partial charge on any atom is -0.453 e. The van der Waals surface area contributed by atoms with E-state index in [1.165, 1.54) is 7.11 Å². The summed E-state index contributed by atoms with van der Waals surface area (Å²) in [7, 11) is 1.29. The van der Waals surface area contributed by atoms with E-state index in [0.717, 1.165) is 51.8 Å². The Morgan fingerprint density at radius 2 is 1.67 bits per heavy atom. The summed E-state index contributed by atoms with van der Waals surface area (Å²) in [4.78, 5) is 35.2. The van der Waals surface area contributed by atoms with Gasteiger partial charge in [-0.25, -0.2) is 9.78 Å². The van der Waals surface area contributed by atoms with Gasteiger partial charge >= 0.3 is 6.09 Å². The van der Waals surface area contributed by atoms with Crippen LogP contribution in [0.5, 0.6) is 0 Å². The number of nitrogens with two attached hydrogens (primary N) is 2. The molecule has 9 nitrogen and oxygen atoms in total. The highest BCUT2D eigenvalue weighted by Crippen LogP contribution is 2.34. The second-order valence-electron chi connectivity index (χ2n) is 10.3. The molecule has 39 heavy (non-hydrogen) atoms. The number of nitrogen functional groups attached to an aromatic ring is 2. The Balaban J connectivity index is 1.37. The van der Waals surface area contributed by atoms with Crippen molar-refractivity contribution >= 4 is 34.1 Å². The summed E-state index contributed by atoms with van der Waals surface area (Å²) in [6, 6.07) is 17.4. The molecule has 0 saturated carbocycles. The van der Waals surface area contributed by atoms with Crippen molar-refractivity contribution in [3.05, 3.63) is 66.6 Å². The quantitative estimate of drug-likeness (QED) is 0.258. The molecule has 4 aromatic rings. The van der Waals surface area contributed by atoms with Crippen LogP contribution in [0, 0.1) is 5.92 Å². The molecule has 202 valence electrons. The zero-order valence-corrected chi connectivity index (χ0v) is 22.4. The number of imidazole rings is 1. The molecule has 0 radical (unpaired) electrons. The number of amides is 2. The van der Waals surface area contributed by atoms with Crippen LogP contribution in [0.15, 0.2) is 60.8 Å². The molecule has 0 bridgehead atoms. The summed E-state index contributed by atoms with van der Waals surface area (Å²) in [5.74, 6) is 0.536. The molecule has 0 aliphatic carbocycles. The second-order valence-corrected chi connectivity index (χ2v) is 10.3. The van der Waals surface area contributed by atoms with E-state index in [4.69, 9.17) is 16.2 Å². The average molecular weight is 527 g/mol. The molecule has 2 amide bonds. The third-order valence-corrected chi connectivity index (χ3v) is 7.41. The van der Waals surface area contributed by atoms with Gasteiger partial charge in [0.1, 0.15) is 11.9 Å². The number of aromatic amines is 1. The molecule has 1 fully saturated rings. The van der Waals surface area contributed by atoms with Gasteiger partial charge in [-0.3, -0.25) is 4.79 Å². The summed E-state index contributed by atoms with van der Waals surface area (Å²) in [5, 5.41) is 4.89. The molecule has 1 saturated heterocycles. The first-order valence-corrected chi connectivity index (χ1v) is 13.1. The van der Waals surface area contributed by atoms with E-state index in [2.05, 4.69) is 51.7 Å². The number of carbonyl (C=O) groups excluding carboxylic acids is 2. The van der Waals surface area contributed by atoms with E-state index in [1.54, 1.807) is 0 Å². The number of fused-ring (bicyclic) bond motifs is 1. The van der Waals surface area contributed by atoms with E-state index in [1.807, 2.05) is 43.1 Å². The first-order chi connectivity index (χ1) is 18.7. The van der Waals surface area contributed by atoms with Crippen molar-refractivity contribution in [1.29, 1.82) is 0 Å². The predicted molar refractivity (Wildman–Crippen MR) is 154 cm³/mol. The number of hydrogen-bond donors (Lipinski definition) is 4. The van der Waals surface area contributed by atoms with Gasteiger partial charge in [-0.2, -0.15) is 0 Å². The molecule has 6 N–H and O–H groups in total. The monoisotopic (exact) mass is 526 g/mol. The lowest BCUT2D eigenvalue weighted by atomic mass is 9.99. The number of methoxy groups -OCH3 is 1. The van der Waals surface area contributed by atoms with E-state index >= 15 is 0 Å². The lowest BCUT2D eigenvalue weighted by Crippen LogP contribution is -2.51. The van der Waals surface area contributed by atoms with Crippen molar-refractivity contribution in [3.63, 3.8) is 0 Å². The maximum Gasteiger partial charge on any atom is 0.407 e. The van der Waals surface area contributed by atoms with Crippen LogP contribution in [0.4, 0.5) is 16.2 Å². The second kappa shape index (κ2) is 10.7. The topological polar surface area (TPSA) is 139 Å². The van der Waals surface area contributed by atoms with Crippen molar-refractivity contribution in [2.45, 2.75) is 38.8 Å². The van der Waals surface area contributed by atoms with Crippen molar-refractivity contribution in [3.8, 4) is 22.4 Å². The third kappa shape index (κ3) is 5.25. The number of nitrogens with one attached hydrogen (secondary N) is 2. The highest BCUT2D eigenvalue weighted by atomic mass is 16.5. The van der Waals surface area contributed by atoms with Gasteiger partial charge in [-0.15, -0.1) is 0 Å². The third-order valence-electron chi connectivity index (χ3n) is 7.41. The molecule has 1 aliphatic rings. The lowest BCUT2D eigenvalue weighted by Gasteiger charge is -2.30. The SMILES string of the molecule is COC(=O)NC(C(=O)N1CCCC1c1ncc(-c2ccc3cc(-c4ccc(N)c(N)c4)ccc3c2)[nH]1)C(C)C. The van der Waals surface area contributed by atoms with Crippen molar-refractivity contribution in [2.75, 3.05) is 25.1 Å². The van der Waals surface area contributed by atoms with Gasteiger partial charge in [-0.1, -0.05) is 44.2 Å². The van der Waals surface area contributed by atoms with Gasteiger partial charge in [0.05, 0.1) is 36.4 Å². The Morgan fingerprint density at radius 3 is 2.36 bits per heavy atom. The van der Waals surface area contributed by atoms with Gasteiger partial charge in [0.2, 0.25) is 5.91 Å². The van der Waals surface area contributed by atoms with Gasteiger partial charge in [0.25, 0.3) is 0 Å². The number of aromatic nitrogens is 2. The fourth-order valence-electron chi connectivity index (χ4n) is 5.19. The van der Waals surface area contributed by atoms with Gasteiger partial charge < -0.3 is 31.4 Å². The van der Waals surface area contributed by atoms with Crippen molar-refractivity contribution < 1.29 is 14.3 Å². The van der Waals surface area contributed by atoms with Gasteiger partial charge in [-0.05, 0) is 64.9 Å². The standard InChI is InChI=1S/C30H34N6O3/c1-17(2)27(35-30(38)39-3)29(37)36-12-4-5-26(36)28-33-16-25(34-28)22-9-8-18-13-19(6-7-20(18)14-22)21-10-11-23(31)24(32)15-21/h6-11,13-17,26-27H,4-5,12,31-32H2,1-3H3,(H,33,34)(H,35,38). The first kappa shape index (κ1) is 26.1. The van der Waals surface area contributed by atoms with Crippen LogP contribution in [0.3, 0.4) is 0 Å². The predicted octanol–water partition coefficient (Wildman–Crippen LogP) is 5.11. The number of anilines is 2. The molecule has 9 heteroatoms.